The number of hydrogen-bond acceptors (Lipinski definition) is 3. The molecule has 3 nitrogen and oxygen atoms in total. The highest BCUT2D eigenvalue weighted by Crippen LogP contribution is 2.28. The predicted octanol–water partition coefficient (Wildman–Crippen LogP) is 2.99. The smallest absolute Gasteiger partial charge is 0.179 e. The molecule has 0 fully saturated rings. The lowest BCUT2D eigenvalue weighted by molar-refractivity contribution is 0.899. The number of hydrogen-bond donors (Lipinski definition) is 0. The van der Waals surface area contributed by atoms with E-state index in [4.69, 9.17) is 11.6 Å². The van der Waals surface area contributed by atoms with Crippen molar-refractivity contribution < 1.29 is 0 Å². The maximum atomic E-state index is 6.18. The number of nitrogens with zero attached hydrogens (tertiary/aromatic N) is 3. The van der Waals surface area contributed by atoms with Gasteiger partial charge in [0.1, 0.15) is 10.8 Å². The molecule has 3 rings (SSSR count). The highest BCUT2D eigenvalue weighted by atomic mass is 35.5. The third kappa shape index (κ3) is 1.91. The molecule has 0 saturated carbocycles. The molecule has 2 heterocycles. The molecule has 0 saturated heterocycles. The van der Waals surface area contributed by atoms with Gasteiger partial charge in [-0.3, -0.25) is 4.98 Å². The molecule has 0 atom stereocenters. The summed E-state index contributed by atoms with van der Waals surface area (Å²) in [5.41, 5.74) is 4.11. The molecule has 0 spiro atoms. The zero-order valence-corrected chi connectivity index (χ0v) is 10.3. The molecule has 2 aromatic heterocycles. The molecule has 17 heavy (non-hydrogen) atoms. The fourth-order valence-corrected chi connectivity index (χ4v) is 2.38. The lowest BCUT2D eigenvalue weighted by Crippen LogP contribution is -1.98. The van der Waals surface area contributed by atoms with Gasteiger partial charge < -0.3 is 0 Å². The van der Waals surface area contributed by atoms with Crippen molar-refractivity contribution in [2.45, 2.75) is 26.2 Å². The molecule has 4 heteroatoms. The standard InChI is InChI=1S/C13H12ClN3/c1-8-5-6-11(15-7-8)13-16-10-4-2-3-9(10)12(14)17-13/h5-7H,2-4H2,1H3. The first-order chi connectivity index (χ1) is 8.24. The van der Waals surface area contributed by atoms with E-state index in [9.17, 15) is 0 Å². The zero-order chi connectivity index (χ0) is 11.8. The third-order valence-corrected chi connectivity index (χ3v) is 3.34. The molecule has 0 amide bonds. The van der Waals surface area contributed by atoms with Crippen molar-refractivity contribution >= 4 is 11.6 Å². The van der Waals surface area contributed by atoms with E-state index in [0.717, 1.165) is 41.8 Å². The maximum Gasteiger partial charge on any atom is 0.179 e. The van der Waals surface area contributed by atoms with E-state index in [-0.39, 0.29) is 0 Å². The van der Waals surface area contributed by atoms with E-state index in [1.54, 1.807) is 0 Å². The second-order valence-electron chi connectivity index (χ2n) is 4.34. The van der Waals surface area contributed by atoms with Crippen molar-refractivity contribution in [3.8, 4) is 11.5 Å². The van der Waals surface area contributed by atoms with Crippen LogP contribution in [0.2, 0.25) is 5.15 Å². The van der Waals surface area contributed by atoms with Crippen LogP contribution in [-0.2, 0) is 12.8 Å². The Morgan fingerprint density at radius 2 is 2.06 bits per heavy atom. The lowest BCUT2D eigenvalue weighted by atomic mass is 10.2. The molecule has 0 bridgehead atoms. The van der Waals surface area contributed by atoms with Gasteiger partial charge in [0.2, 0.25) is 0 Å². The van der Waals surface area contributed by atoms with E-state index in [2.05, 4.69) is 15.0 Å². The van der Waals surface area contributed by atoms with Gasteiger partial charge in [-0.15, -0.1) is 0 Å². The topological polar surface area (TPSA) is 38.7 Å². The lowest BCUT2D eigenvalue weighted by Gasteiger charge is -2.05. The quantitative estimate of drug-likeness (QED) is 0.725. The average Bonchev–Trinajstić information content (AvgIpc) is 2.78. The summed E-state index contributed by atoms with van der Waals surface area (Å²) < 4.78 is 0. The van der Waals surface area contributed by atoms with Gasteiger partial charge >= 0.3 is 0 Å². The van der Waals surface area contributed by atoms with Gasteiger partial charge in [-0.2, -0.15) is 0 Å². The zero-order valence-electron chi connectivity index (χ0n) is 9.57. The van der Waals surface area contributed by atoms with E-state index in [1.807, 2.05) is 25.3 Å². The van der Waals surface area contributed by atoms with Gasteiger partial charge in [-0.1, -0.05) is 17.7 Å². The van der Waals surface area contributed by atoms with Crippen molar-refractivity contribution in [1.82, 2.24) is 15.0 Å². The number of aromatic nitrogens is 3. The Balaban J connectivity index is 2.10. The Bertz CT molecular complexity index is 564. The molecule has 1 aliphatic rings. The van der Waals surface area contributed by atoms with Crippen LogP contribution in [0.15, 0.2) is 18.3 Å². The molecular weight excluding hydrogens is 234 g/mol. The monoisotopic (exact) mass is 245 g/mol. The van der Waals surface area contributed by atoms with E-state index >= 15 is 0 Å². The second kappa shape index (κ2) is 4.08. The summed E-state index contributed by atoms with van der Waals surface area (Å²) in [6, 6.07) is 3.94. The molecule has 0 aromatic carbocycles. The molecule has 0 aliphatic heterocycles. The predicted molar refractivity (Wildman–Crippen MR) is 67.0 cm³/mol. The molecule has 2 aromatic rings. The average molecular weight is 246 g/mol. The van der Waals surface area contributed by atoms with Gasteiger partial charge in [-0.05, 0) is 37.8 Å². The van der Waals surface area contributed by atoms with Crippen molar-refractivity contribution in [3.05, 3.63) is 40.3 Å². The molecule has 86 valence electrons. The highest BCUT2D eigenvalue weighted by molar-refractivity contribution is 6.30. The Kier molecular flexibility index (Phi) is 2.56. The van der Waals surface area contributed by atoms with Gasteiger partial charge in [-0.25, -0.2) is 9.97 Å². The molecule has 1 aliphatic carbocycles. The molecule has 0 radical (unpaired) electrons. The van der Waals surface area contributed by atoms with Crippen LogP contribution in [0.4, 0.5) is 0 Å². The normalized spacial score (nSPS) is 13.8. The minimum absolute atomic E-state index is 0.588. The number of pyridine rings is 1. The fraction of sp³-hybridized carbons (Fsp3) is 0.308. The first kappa shape index (κ1) is 10.7. The van der Waals surface area contributed by atoms with E-state index in [1.165, 1.54) is 0 Å². The van der Waals surface area contributed by atoms with Crippen molar-refractivity contribution in [1.29, 1.82) is 0 Å². The van der Waals surface area contributed by atoms with Crippen LogP contribution in [0, 0.1) is 6.92 Å². The van der Waals surface area contributed by atoms with Gasteiger partial charge in [0.25, 0.3) is 0 Å². The second-order valence-corrected chi connectivity index (χ2v) is 4.70. The first-order valence-electron chi connectivity index (χ1n) is 5.72. The number of halogens is 1. The molecule has 0 N–H and O–H groups in total. The minimum atomic E-state index is 0.588. The third-order valence-electron chi connectivity index (χ3n) is 3.02. The number of rotatable bonds is 1. The van der Waals surface area contributed by atoms with Crippen LogP contribution in [-0.4, -0.2) is 15.0 Å². The van der Waals surface area contributed by atoms with Crippen LogP contribution >= 0.6 is 11.6 Å². The summed E-state index contributed by atoms with van der Waals surface area (Å²) in [5.74, 6) is 0.635. The molecule has 0 unspecified atom stereocenters. The Morgan fingerprint density at radius 1 is 1.18 bits per heavy atom. The maximum absolute atomic E-state index is 6.18. The van der Waals surface area contributed by atoms with Crippen LogP contribution < -0.4 is 0 Å². The Morgan fingerprint density at radius 3 is 2.82 bits per heavy atom. The van der Waals surface area contributed by atoms with E-state index < -0.39 is 0 Å². The fourth-order valence-electron chi connectivity index (χ4n) is 2.10. The summed E-state index contributed by atoms with van der Waals surface area (Å²) in [7, 11) is 0. The van der Waals surface area contributed by atoms with Crippen molar-refractivity contribution in [2.24, 2.45) is 0 Å². The largest absolute Gasteiger partial charge is 0.253 e. The van der Waals surface area contributed by atoms with E-state index in [0.29, 0.717) is 11.0 Å². The first-order valence-corrected chi connectivity index (χ1v) is 6.10. The minimum Gasteiger partial charge on any atom is -0.253 e. The Hall–Kier alpha value is -1.48. The van der Waals surface area contributed by atoms with Gasteiger partial charge in [0.05, 0.1) is 0 Å². The summed E-state index contributed by atoms with van der Waals surface area (Å²) in [5, 5.41) is 0.588. The van der Waals surface area contributed by atoms with Gasteiger partial charge in [0.15, 0.2) is 5.82 Å². The van der Waals surface area contributed by atoms with Crippen molar-refractivity contribution in [2.75, 3.05) is 0 Å². The SMILES string of the molecule is Cc1ccc(-c2nc(Cl)c3c(n2)CCC3)nc1. The Labute approximate surface area is 105 Å². The van der Waals surface area contributed by atoms with Crippen LogP contribution in [0.25, 0.3) is 11.5 Å². The summed E-state index contributed by atoms with van der Waals surface area (Å²) in [4.78, 5) is 13.2. The van der Waals surface area contributed by atoms with Crippen LogP contribution in [0.1, 0.15) is 23.2 Å². The number of fused-ring (bicyclic) bond motifs is 1. The summed E-state index contributed by atoms with van der Waals surface area (Å²) >= 11 is 6.18. The number of aryl methyl sites for hydroxylation is 2. The highest BCUT2D eigenvalue weighted by Gasteiger charge is 2.18. The van der Waals surface area contributed by atoms with Crippen LogP contribution in [0.3, 0.4) is 0 Å². The summed E-state index contributed by atoms with van der Waals surface area (Å²) in [6.45, 7) is 2.01. The van der Waals surface area contributed by atoms with Crippen LogP contribution in [0.5, 0.6) is 0 Å². The van der Waals surface area contributed by atoms with Crippen molar-refractivity contribution in [3.63, 3.8) is 0 Å². The molecular formula is C13H12ClN3. The van der Waals surface area contributed by atoms with Gasteiger partial charge in [0, 0.05) is 17.5 Å². The summed E-state index contributed by atoms with van der Waals surface area (Å²) in [6.07, 6.45) is 4.93.